The molecule has 0 rings (SSSR count). The summed E-state index contributed by atoms with van der Waals surface area (Å²) in [7, 11) is -3.18. The summed E-state index contributed by atoms with van der Waals surface area (Å²) in [5, 5.41) is 8.50. The Hall–Kier alpha value is -0.380. The Morgan fingerprint density at radius 3 is 2.50 bits per heavy atom. The molecule has 0 fully saturated rings. The van der Waals surface area contributed by atoms with E-state index < -0.39 is 13.3 Å². The van der Waals surface area contributed by atoms with E-state index in [9.17, 15) is 14.3 Å². The lowest BCUT2D eigenvalue weighted by atomic mass is 10.2. The van der Waals surface area contributed by atoms with E-state index in [0.29, 0.717) is 6.42 Å². The second kappa shape index (κ2) is 10.5. The van der Waals surface area contributed by atoms with Crippen LogP contribution in [0.25, 0.3) is 0 Å². The maximum atomic E-state index is 11.7. The minimum Gasteiger partial charge on any atom is -0.466 e. The van der Waals surface area contributed by atoms with Gasteiger partial charge in [0.1, 0.15) is 0 Å². The van der Waals surface area contributed by atoms with Gasteiger partial charge < -0.3 is 14.7 Å². The van der Waals surface area contributed by atoms with Crippen LogP contribution in [-0.4, -0.2) is 41.5 Å². The first kappa shape index (κ1) is 17.6. The van der Waals surface area contributed by atoms with Gasteiger partial charge in [0, 0.05) is 25.4 Å². The molecule has 1 atom stereocenters. The second-order valence-corrected chi connectivity index (χ2v) is 6.99. The van der Waals surface area contributed by atoms with Gasteiger partial charge >= 0.3 is 5.97 Å². The van der Waals surface area contributed by atoms with Crippen LogP contribution in [0.2, 0.25) is 0 Å². The van der Waals surface area contributed by atoms with Crippen molar-refractivity contribution in [2.75, 3.05) is 25.5 Å². The van der Waals surface area contributed by atoms with E-state index in [1.54, 1.807) is 0 Å². The highest BCUT2D eigenvalue weighted by Crippen LogP contribution is 2.42. The molecule has 0 aliphatic carbocycles. The van der Waals surface area contributed by atoms with Gasteiger partial charge in [-0.05, 0) is 6.42 Å². The summed E-state index contributed by atoms with van der Waals surface area (Å²) < 4.78 is 16.5. The molecule has 5 nitrogen and oxygen atoms in total. The molecule has 0 aromatic carbocycles. The number of hydrogen-bond acceptors (Lipinski definition) is 4. The lowest BCUT2D eigenvalue weighted by molar-refractivity contribution is -0.143. The second-order valence-electron chi connectivity index (χ2n) is 4.40. The van der Waals surface area contributed by atoms with E-state index in [-0.39, 0.29) is 32.0 Å². The molecule has 108 valence electrons. The number of ether oxygens (including phenoxy) is 1. The highest BCUT2D eigenvalue weighted by atomic mass is 31.2. The first-order chi connectivity index (χ1) is 8.52. The van der Waals surface area contributed by atoms with Gasteiger partial charge in [-0.25, -0.2) is 0 Å². The van der Waals surface area contributed by atoms with Crippen LogP contribution >= 0.6 is 7.37 Å². The Morgan fingerprint density at radius 1 is 1.17 bits per heavy atom. The fourth-order valence-corrected chi connectivity index (χ4v) is 2.96. The third kappa shape index (κ3) is 10.8. The van der Waals surface area contributed by atoms with Gasteiger partial charge in [0.05, 0.1) is 13.0 Å². The summed E-state index contributed by atoms with van der Waals surface area (Å²) in [6, 6.07) is 0. The van der Waals surface area contributed by atoms with E-state index in [1.165, 1.54) is 0 Å². The monoisotopic (exact) mass is 280 g/mol. The summed E-state index contributed by atoms with van der Waals surface area (Å²) in [6.45, 7) is 2.23. The summed E-state index contributed by atoms with van der Waals surface area (Å²) >= 11 is 0. The zero-order chi connectivity index (χ0) is 13.9. The molecule has 2 N–H and O–H groups in total. The number of aliphatic hydroxyl groups excluding tert-OH is 1. The molecule has 6 heteroatoms. The molecule has 0 saturated heterocycles. The Balaban J connectivity index is 3.67. The van der Waals surface area contributed by atoms with Gasteiger partial charge in [0.15, 0.2) is 0 Å². The summed E-state index contributed by atoms with van der Waals surface area (Å²) in [5.74, 6) is -0.466. The van der Waals surface area contributed by atoms with Crippen molar-refractivity contribution in [2.24, 2.45) is 0 Å². The normalized spacial score (nSPS) is 14.2. The fraction of sp³-hybridized carbons (Fsp3) is 0.917. The molecule has 0 aromatic heterocycles. The molecule has 0 bridgehead atoms. The first-order valence-corrected chi connectivity index (χ1v) is 8.62. The highest BCUT2D eigenvalue weighted by molar-refractivity contribution is 7.58. The molecule has 0 spiro atoms. The third-order valence-electron chi connectivity index (χ3n) is 2.59. The average Bonchev–Trinajstić information content (AvgIpc) is 2.33. The Bertz CT molecular complexity index is 267. The lowest BCUT2D eigenvalue weighted by Crippen LogP contribution is -2.09. The Kier molecular flexibility index (Phi) is 10.3. The average molecular weight is 280 g/mol. The van der Waals surface area contributed by atoms with Gasteiger partial charge in [-0.1, -0.05) is 26.2 Å². The van der Waals surface area contributed by atoms with E-state index in [2.05, 4.69) is 6.92 Å². The maximum absolute atomic E-state index is 11.7. The van der Waals surface area contributed by atoms with Crippen LogP contribution in [0.5, 0.6) is 0 Å². The van der Waals surface area contributed by atoms with Crippen LogP contribution < -0.4 is 0 Å². The summed E-state index contributed by atoms with van der Waals surface area (Å²) in [4.78, 5) is 20.8. The number of rotatable bonds is 11. The highest BCUT2D eigenvalue weighted by Gasteiger charge is 2.19. The van der Waals surface area contributed by atoms with Crippen molar-refractivity contribution in [2.45, 2.75) is 45.4 Å². The molecule has 0 amide bonds. The molecule has 0 radical (unpaired) electrons. The predicted octanol–water partition coefficient (Wildman–Crippen LogP) is 2.15. The van der Waals surface area contributed by atoms with Crippen LogP contribution in [0.1, 0.15) is 45.4 Å². The Morgan fingerprint density at radius 2 is 1.89 bits per heavy atom. The molecule has 0 aromatic rings. The van der Waals surface area contributed by atoms with Crippen molar-refractivity contribution in [3.63, 3.8) is 0 Å². The molecule has 0 aliphatic rings. The lowest BCUT2D eigenvalue weighted by Gasteiger charge is -2.11. The summed E-state index contributed by atoms with van der Waals surface area (Å²) in [5.41, 5.74) is 0. The maximum Gasteiger partial charge on any atom is 0.306 e. The molecular formula is C12H25O5P. The van der Waals surface area contributed by atoms with Crippen LogP contribution in [-0.2, 0) is 14.1 Å². The van der Waals surface area contributed by atoms with Gasteiger partial charge in [-0.2, -0.15) is 0 Å². The molecule has 18 heavy (non-hydrogen) atoms. The smallest absolute Gasteiger partial charge is 0.306 e. The first-order valence-electron chi connectivity index (χ1n) is 6.59. The summed E-state index contributed by atoms with van der Waals surface area (Å²) in [6.07, 6.45) is 4.53. The SMILES string of the molecule is CCCCCCP(=O)(O)CCC(=O)OCCCO. The van der Waals surface area contributed by atoms with Crippen molar-refractivity contribution < 1.29 is 24.1 Å². The van der Waals surface area contributed by atoms with Crippen molar-refractivity contribution in [1.82, 2.24) is 0 Å². The zero-order valence-corrected chi connectivity index (χ0v) is 12.0. The van der Waals surface area contributed by atoms with E-state index in [4.69, 9.17) is 9.84 Å². The molecular weight excluding hydrogens is 255 g/mol. The number of unbranched alkanes of at least 4 members (excludes halogenated alkanes) is 3. The minimum absolute atomic E-state index is 0.00289. The standard InChI is InChI=1S/C12H25O5P/c1-2-3-4-5-10-18(15,16)11-7-12(14)17-9-6-8-13/h13H,2-11H2,1H3,(H,15,16). The molecule has 0 heterocycles. The van der Waals surface area contributed by atoms with E-state index in [0.717, 1.165) is 25.7 Å². The van der Waals surface area contributed by atoms with E-state index >= 15 is 0 Å². The van der Waals surface area contributed by atoms with Crippen LogP contribution in [0.15, 0.2) is 0 Å². The Labute approximate surface area is 109 Å². The quantitative estimate of drug-likeness (QED) is 0.344. The number of aliphatic hydroxyl groups is 1. The number of carbonyl (C=O) groups excluding carboxylic acids is 1. The van der Waals surface area contributed by atoms with Crippen LogP contribution in [0, 0.1) is 0 Å². The van der Waals surface area contributed by atoms with Gasteiger partial charge in [-0.15, -0.1) is 0 Å². The number of esters is 1. The van der Waals surface area contributed by atoms with Crippen LogP contribution in [0.3, 0.4) is 0 Å². The molecule has 0 saturated carbocycles. The van der Waals surface area contributed by atoms with Gasteiger partial charge in [-0.3, -0.25) is 9.36 Å². The number of hydrogen-bond donors (Lipinski definition) is 2. The fourth-order valence-electron chi connectivity index (χ4n) is 1.49. The van der Waals surface area contributed by atoms with Crippen LogP contribution in [0.4, 0.5) is 0 Å². The largest absolute Gasteiger partial charge is 0.466 e. The third-order valence-corrected chi connectivity index (χ3v) is 4.53. The minimum atomic E-state index is -3.18. The van der Waals surface area contributed by atoms with Gasteiger partial charge in [0.25, 0.3) is 0 Å². The molecule has 0 aliphatic heterocycles. The van der Waals surface area contributed by atoms with E-state index in [1.807, 2.05) is 0 Å². The van der Waals surface area contributed by atoms with Crippen molar-refractivity contribution in [3.8, 4) is 0 Å². The van der Waals surface area contributed by atoms with Gasteiger partial charge in [0.2, 0.25) is 7.37 Å². The van der Waals surface area contributed by atoms with Crippen molar-refractivity contribution in [3.05, 3.63) is 0 Å². The van der Waals surface area contributed by atoms with Crippen molar-refractivity contribution in [1.29, 1.82) is 0 Å². The van der Waals surface area contributed by atoms with Crippen molar-refractivity contribution >= 4 is 13.3 Å². The number of carbonyl (C=O) groups is 1. The topological polar surface area (TPSA) is 83.8 Å². The zero-order valence-electron chi connectivity index (χ0n) is 11.1. The predicted molar refractivity (Wildman–Crippen MR) is 71.0 cm³/mol. The molecule has 1 unspecified atom stereocenters.